The molecule has 1 aliphatic carbocycles. The van der Waals surface area contributed by atoms with Crippen molar-refractivity contribution in [1.82, 2.24) is 0 Å². The smallest absolute Gasteiger partial charge is 0.148 e. The fraction of sp³-hybridized carbons (Fsp3) is 1.00. The maximum atomic E-state index is 9.36. The van der Waals surface area contributed by atoms with Crippen LogP contribution in [0.4, 0.5) is 0 Å². The molecule has 3 N–H and O–H groups in total. The van der Waals surface area contributed by atoms with E-state index in [1.807, 2.05) is 13.8 Å². The van der Waals surface area contributed by atoms with Crippen molar-refractivity contribution in [2.24, 2.45) is 5.73 Å². The van der Waals surface area contributed by atoms with Crippen molar-refractivity contribution in [1.29, 1.82) is 0 Å². The fourth-order valence-corrected chi connectivity index (χ4v) is 2.50. The van der Waals surface area contributed by atoms with Crippen LogP contribution in [-0.4, -0.2) is 35.2 Å². The van der Waals surface area contributed by atoms with Crippen molar-refractivity contribution in [3.63, 3.8) is 0 Å². The Morgan fingerprint density at radius 2 is 2.00 bits per heavy atom. The highest BCUT2D eigenvalue weighted by Crippen LogP contribution is 2.52. The third-order valence-corrected chi connectivity index (χ3v) is 3.95. The van der Waals surface area contributed by atoms with Crippen LogP contribution >= 0.6 is 0 Å². The van der Waals surface area contributed by atoms with Gasteiger partial charge in [0.25, 0.3) is 0 Å². The van der Waals surface area contributed by atoms with Crippen LogP contribution in [0.1, 0.15) is 26.7 Å². The summed E-state index contributed by atoms with van der Waals surface area (Å²) in [5.41, 5.74) is 4.61. The zero-order valence-electron chi connectivity index (χ0n) is 8.17. The first-order valence-corrected chi connectivity index (χ1v) is 4.65. The van der Waals surface area contributed by atoms with Crippen LogP contribution in [0.25, 0.3) is 0 Å². The summed E-state index contributed by atoms with van der Waals surface area (Å²) in [5, 5.41) is 9.36. The van der Waals surface area contributed by atoms with E-state index in [0.717, 1.165) is 12.8 Å². The van der Waals surface area contributed by atoms with E-state index in [2.05, 4.69) is 0 Å². The van der Waals surface area contributed by atoms with Gasteiger partial charge in [0.2, 0.25) is 0 Å². The fourth-order valence-electron chi connectivity index (χ4n) is 2.50. The monoisotopic (exact) mass is 187 g/mol. The van der Waals surface area contributed by atoms with E-state index >= 15 is 0 Å². The van der Waals surface area contributed by atoms with E-state index in [4.69, 9.17) is 15.2 Å². The van der Waals surface area contributed by atoms with Crippen LogP contribution in [0.15, 0.2) is 0 Å². The minimum Gasteiger partial charge on any atom is -0.393 e. The molecule has 4 nitrogen and oxygen atoms in total. The summed E-state index contributed by atoms with van der Waals surface area (Å²) in [4.78, 5) is 0. The molecule has 0 spiro atoms. The van der Waals surface area contributed by atoms with E-state index in [-0.39, 0.29) is 13.4 Å². The summed E-state index contributed by atoms with van der Waals surface area (Å²) in [5.74, 6) is 0. The zero-order valence-corrected chi connectivity index (χ0v) is 8.17. The molecule has 0 aromatic heterocycles. The van der Waals surface area contributed by atoms with E-state index in [1.165, 1.54) is 0 Å². The van der Waals surface area contributed by atoms with Crippen LogP contribution in [0, 0.1) is 0 Å². The molecule has 2 rings (SSSR count). The first-order valence-electron chi connectivity index (χ1n) is 4.65. The Kier molecular flexibility index (Phi) is 1.77. The van der Waals surface area contributed by atoms with Gasteiger partial charge in [-0.05, 0) is 26.7 Å². The second kappa shape index (κ2) is 2.45. The molecule has 0 radical (unpaired) electrons. The van der Waals surface area contributed by atoms with Gasteiger partial charge in [-0.2, -0.15) is 0 Å². The molecule has 13 heavy (non-hydrogen) atoms. The largest absolute Gasteiger partial charge is 0.393 e. The van der Waals surface area contributed by atoms with E-state index in [9.17, 15) is 5.11 Å². The third kappa shape index (κ3) is 0.892. The Bertz CT molecular complexity index is 231. The number of rotatable bonds is 1. The van der Waals surface area contributed by atoms with Gasteiger partial charge < -0.3 is 20.3 Å². The normalized spacial score (nSPS) is 55.4. The lowest BCUT2D eigenvalue weighted by atomic mass is 9.79. The highest BCUT2D eigenvalue weighted by molar-refractivity contribution is 5.19. The molecule has 1 aliphatic heterocycles. The number of fused-ring (bicyclic) bond motifs is 1. The Hall–Kier alpha value is -0.160. The molecule has 1 saturated heterocycles. The Labute approximate surface area is 78.0 Å². The lowest BCUT2D eigenvalue weighted by Crippen LogP contribution is -2.62. The maximum absolute atomic E-state index is 9.36. The lowest BCUT2D eigenvalue weighted by Gasteiger charge is -2.40. The van der Waals surface area contributed by atoms with Crippen molar-refractivity contribution in [3.8, 4) is 0 Å². The van der Waals surface area contributed by atoms with Crippen molar-refractivity contribution in [2.75, 3.05) is 13.4 Å². The van der Waals surface area contributed by atoms with Gasteiger partial charge in [-0.3, -0.25) is 0 Å². The van der Waals surface area contributed by atoms with Gasteiger partial charge in [0, 0.05) is 5.54 Å². The summed E-state index contributed by atoms with van der Waals surface area (Å²) in [6.07, 6.45) is 1.59. The molecule has 76 valence electrons. The zero-order chi connectivity index (χ0) is 9.74. The molecule has 2 aliphatic rings. The van der Waals surface area contributed by atoms with Crippen LogP contribution in [0.5, 0.6) is 0 Å². The van der Waals surface area contributed by atoms with Crippen molar-refractivity contribution in [2.45, 2.75) is 43.4 Å². The molecule has 0 amide bonds. The van der Waals surface area contributed by atoms with Gasteiger partial charge >= 0.3 is 0 Å². The number of hydrogen-bond acceptors (Lipinski definition) is 4. The van der Waals surface area contributed by atoms with Crippen LogP contribution in [0.3, 0.4) is 0 Å². The van der Waals surface area contributed by atoms with Crippen molar-refractivity contribution < 1.29 is 14.6 Å². The molecule has 4 heteroatoms. The van der Waals surface area contributed by atoms with E-state index in [1.54, 1.807) is 0 Å². The van der Waals surface area contributed by atoms with Crippen LogP contribution < -0.4 is 5.73 Å². The topological polar surface area (TPSA) is 64.7 Å². The lowest BCUT2D eigenvalue weighted by molar-refractivity contribution is -0.0702. The summed E-state index contributed by atoms with van der Waals surface area (Å²) < 4.78 is 11.1. The summed E-state index contributed by atoms with van der Waals surface area (Å²) in [6.45, 7) is 4.11. The average molecular weight is 187 g/mol. The minimum atomic E-state index is -0.573. The van der Waals surface area contributed by atoms with Gasteiger partial charge in [-0.15, -0.1) is 0 Å². The average Bonchev–Trinajstić information content (AvgIpc) is 2.49. The van der Waals surface area contributed by atoms with Crippen LogP contribution in [-0.2, 0) is 9.47 Å². The van der Waals surface area contributed by atoms with Crippen LogP contribution in [0.2, 0.25) is 0 Å². The van der Waals surface area contributed by atoms with E-state index in [0.29, 0.717) is 0 Å². The second-order valence-electron chi connectivity index (χ2n) is 4.51. The van der Waals surface area contributed by atoms with Crippen molar-refractivity contribution >= 4 is 0 Å². The first-order chi connectivity index (χ1) is 5.97. The molecular formula is C9H17NO3. The standard InChI is InChI=1S/C9H17NO3/c1-7(10)3-4-9(5-11)8(7,2)12-6-13-9/h11H,3-6,10H2,1-2H3. The van der Waals surface area contributed by atoms with Gasteiger partial charge in [0.1, 0.15) is 18.0 Å². The van der Waals surface area contributed by atoms with Gasteiger partial charge in [0.05, 0.1) is 6.61 Å². The predicted molar refractivity (Wildman–Crippen MR) is 47.1 cm³/mol. The second-order valence-corrected chi connectivity index (χ2v) is 4.51. The number of aliphatic hydroxyl groups excluding tert-OH is 1. The third-order valence-electron chi connectivity index (χ3n) is 3.95. The summed E-state index contributed by atoms with van der Waals surface area (Å²) in [6, 6.07) is 0. The minimum absolute atomic E-state index is 0.0176. The number of nitrogens with two attached hydrogens (primary N) is 1. The molecule has 1 saturated carbocycles. The highest BCUT2D eigenvalue weighted by atomic mass is 16.7. The molecular weight excluding hydrogens is 170 g/mol. The number of hydrogen-bond donors (Lipinski definition) is 2. The van der Waals surface area contributed by atoms with Gasteiger partial charge in [0.15, 0.2) is 0 Å². The molecule has 0 aromatic carbocycles. The van der Waals surface area contributed by atoms with Gasteiger partial charge in [-0.25, -0.2) is 0 Å². The molecule has 2 fully saturated rings. The Morgan fingerprint density at radius 1 is 1.31 bits per heavy atom. The number of aliphatic hydroxyl groups is 1. The molecule has 1 heterocycles. The van der Waals surface area contributed by atoms with Gasteiger partial charge in [-0.1, -0.05) is 0 Å². The molecule has 0 aromatic rings. The van der Waals surface area contributed by atoms with E-state index < -0.39 is 16.7 Å². The Morgan fingerprint density at radius 3 is 2.54 bits per heavy atom. The first kappa shape index (κ1) is 9.40. The van der Waals surface area contributed by atoms with Crippen molar-refractivity contribution in [3.05, 3.63) is 0 Å². The quantitative estimate of drug-likeness (QED) is 0.606. The number of ether oxygens (including phenoxy) is 2. The molecule has 3 atom stereocenters. The highest BCUT2D eigenvalue weighted by Gasteiger charge is 2.67. The predicted octanol–water partition coefficient (Wildman–Crippen LogP) is -0.00830. The summed E-state index contributed by atoms with van der Waals surface area (Å²) in [7, 11) is 0. The maximum Gasteiger partial charge on any atom is 0.148 e. The summed E-state index contributed by atoms with van der Waals surface area (Å²) >= 11 is 0. The molecule has 3 unspecified atom stereocenters. The Balaban J connectivity index is 2.40. The molecule has 0 bridgehead atoms. The SMILES string of the molecule is CC1(N)CCC2(CO)OCOC12C.